The second-order valence-electron chi connectivity index (χ2n) is 5.94. The zero-order valence-corrected chi connectivity index (χ0v) is 19.5. The number of para-hydroxylation sites is 2. The van der Waals surface area contributed by atoms with Gasteiger partial charge in [0, 0.05) is 17.1 Å². The average Bonchev–Trinajstić information content (AvgIpc) is 2.67. The van der Waals surface area contributed by atoms with Gasteiger partial charge in [-0.2, -0.15) is 0 Å². The van der Waals surface area contributed by atoms with Gasteiger partial charge in [0.25, 0.3) is 0 Å². The molecular weight excluding hydrogens is 492 g/mol. The van der Waals surface area contributed by atoms with Crippen LogP contribution in [0.5, 0.6) is 0 Å². The Labute approximate surface area is 200 Å². The molecule has 0 unspecified atom stereocenters. The van der Waals surface area contributed by atoms with Crippen LogP contribution in [-0.2, 0) is 17.1 Å². The van der Waals surface area contributed by atoms with E-state index in [2.05, 4.69) is 15.0 Å². The van der Waals surface area contributed by atoms with E-state index in [1.54, 1.807) is 36.4 Å². The molecule has 0 saturated heterocycles. The molecule has 3 nitrogen and oxygen atoms in total. The van der Waals surface area contributed by atoms with E-state index in [9.17, 15) is 0 Å². The number of aromatic nitrogens is 1. The fraction of sp³-hybridized carbons (Fsp3) is 0.0952. The Kier molecular flexibility index (Phi) is 8.72. The number of hydrogen-bond acceptors (Lipinski definition) is 3. The second kappa shape index (κ2) is 10.6. The maximum atomic E-state index is 6.21. The molecule has 0 fully saturated rings. The van der Waals surface area contributed by atoms with Crippen LogP contribution in [0, 0.1) is 0 Å². The Hall–Kier alpha value is -1.39. The molecule has 3 aromatic rings. The van der Waals surface area contributed by atoms with Crippen LogP contribution in [0.3, 0.4) is 0 Å². The summed E-state index contributed by atoms with van der Waals surface area (Å²) in [6.45, 7) is 3.70. The van der Waals surface area contributed by atoms with Crippen LogP contribution >= 0.6 is 46.4 Å². The standard InChI is InChI=1S/C21H15Cl4N3.Fe/c1-12(26-20-14(22)6-3-7-15(20)23)18-10-5-11-19(28-18)13(2)27-21-16(24)8-4-9-17(21)25;/h3-11H,1-2H3;. The van der Waals surface area contributed by atoms with Gasteiger partial charge in [0.15, 0.2) is 0 Å². The third-order valence-corrected chi connectivity index (χ3v) is 5.14. The maximum absolute atomic E-state index is 6.21. The molecule has 0 spiro atoms. The average molecular weight is 507 g/mol. The summed E-state index contributed by atoms with van der Waals surface area (Å²) in [6, 6.07) is 16.1. The summed E-state index contributed by atoms with van der Waals surface area (Å²) < 4.78 is 0. The molecule has 0 bridgehead atoms. The molecule has 8 heteroatoms. The van der Waals surface area contributed by atoms with Crippen molar-refractivity contribution in [2.45, 2.75) is 13.8 Å². The molecule has 0 aliphatic carbocycles. The van der Waals surface area contributed by atoms with Crippen LogP contribution in [0.25, 0.3) is 0 Å². The predicted octanol–water partition coefficient (Wildman–Crippen LogP) is 7.97. The summed E-state index contributed by atoms with van der Waals surface area (Å²) >= 11 is 24.8. The Morgan fingerprint density at radius 1 is 0.621 bits per heavy atom. The number of rotatable bonds is 4. The minimum atomic E-state index is 0. The van der Waals surface area contributed by atoms with Crippen molar-refractivity contribution in [1.82, 2.24) is 4.98 Å². The van der Waals surface area contributed by atoms with Crippen molar-refractivity contribution >= 4 is 69.2 Å². The van der Waals surface area contributed by atoms with Crippen LogP contribution < -0.4 is 0 Å². The number of benzene rings is 2. The Bertz CT molecular complexity index is 974. The van der Waals surface area contributed by atoms with Gasteiger partial charge in [-0.25, -0.2) is 15.0 Å². The molecule has 150 valence electrons. The van der Waals surface area contributed by atoms with Crippen LogP contribution in [-0.4, -0.2) is 16.4 Å². The van der Waals surface area contributed by atoms with E-state index in [1.807, 2.05) is 32.0 Å². The number of hydrogen-bond donors (Lipinski definition) is 0. The SMILES string of the molecule is CC(=Nc1c(Cl)cccc1Cl)c1cccc(C(C)=Nc2c(Cl)cccc2Cl)n1.[Fe]. The third-order valence-electron chi connectivity index (χ3n) is 3.92. The number of halogens is 4. The summed E-state index contributed by atoms with van der Waals surface area (Å²) in [5.74, 6) is 0. The minimum absolute atomic E-state index is 0. The van der Waals surface area contributed by atoms with Crippen molar-refractivity contribution < 1.29 is 17.1 Å². The molecule has 0 radical (unpaired) electrons. The summed E-state index contributed by atoms with van der Waals surface area (Å²) in [5, 5.41) is 1.92. The van der Waals surface area contributed by atoms with E-state index >= 15 is 0 Å². The number of pyridine rings is 1. The van der Waals surface area contributed by atoms with E-state index in [-0.39, 0.29) is 17.1 Å². The van der Waals surface area contributed by atoms with Crippen LogP contribution in [0.4, 0.5) is 11.4 Å². The molecule has 1 aromatic heterocycles. The number of nitrogens with zero attached hydrogens (tertiary/aromatic N) is 3. The van der Waals surface area contributed by atoms with Gasteiger partial charge >= 0.3 is 0 Å². The summed E-state index contributed by atoms with van der Waals surface area (Å²) in [5.41, 5.74) is 3.77. The quantitative estimate of drug-likeness (QED) is 0.261. The van der Waals surface area contributed by atoms with Crippen molar-refractivity contribution in [3.8, 4) is 0 Å². The van der Waals surface area contributed by atoms with E-state index in [0.29, 0.717) is 54.3 Å². The first kappa shape index (κ1) is 23.9. The van der Waals surface area contributed by atoms with Crippen LogP contribution in [0.2, 0.25) is 20.1 Å². The Balaban J connectivity index is 0.00000300. The van der Waals surface area contributed by atoms with E-state index in [4.69, 9.17) is 46.4 Å². The van der Waals surface area contributed by atoms with Crippen molar-refractivity contribution in [3.05, 3.63) is 86.1 Å². The molecule has 0 N–H and O–H groups in total. The van der Waals surface area contributed by atoms with Crippen molar-refractivity contribution in [2.75, 3.05) is 0 Å². The zero-order chi connectivity index (χ0) is 20.3. The predicted molar refractivity (Wildman–Crippen MR) is 121 cm³/mol. The summed E-state index contributed by atoms with van der Waals surface area (Å²) in [7, 11) is 0. The first-order chi connectivity index (χ1) is 13.4. The topological polar surface area (TPSA) is 37.6 Å². The van der Waals surface area contributed by atoms with Crippen molar-refractivity contribution in [2.24, 2.45) is 9.98 Å². The first-order valence-electron chi connectivity index (χ1n) is 8.33. The molecule has 0 aliphatic heterocycles. The summed E-state index contributed by atoms with van der Waals surface area (Å²) in [4.78, 5) is 13.7. The van der Waals surface area contributed by atoms with Gasteiger partial charge in [0.1, 0.15) is 11.4 Å². The smallest absolute Gasteiger partial charge is 0.101 e. The Morgan fingerprint density at radius 2 is 0.931 bits per heavy atom. The molecule has 1 heterocycles. The molecule has 0 saturated carbocycles. The van der Waals surface area contributed by atoms with E-state index in [0.717, 1.165) is 0 Å². The molecule has 2 aromatic carbocycles. The fourth-order valence-corrected chi connectivity index (χ4v) is 3.44. The summed E-state index contributed by atoms with van der Waals surface area (Å²) in [6.07, 6.45) is 0. The van der Waals surface area contributed by atoms with Crippen LogP contribution in [0.15, 0.2) is 64.6 Å². The normalized spacial score (nSPS) is 11.9. The number of aliphatic imine (C=N–C) groups is 2. The second-order valence-corrected chi connectivity index (χ2v) is 7.57. The fourth-order valence-electron chi connectivity index (χ4n) is 2.48. The minimum Gasteiger partial charge on any atom is -0.248 e. The molecular formula is C21H15Cl4FeN3. The van der Waals surface area contributed by atoms with Gasteiger partial charge in [0.2, 0.25) is 0 Å². The van der Waals surface area contributed by atoms with Gasteiger partial charge in [-0.15, -0.1) is 0 Å². The zero-order valence-electron chi connectivity index (χ0n) is 15.4. The van der Waals surface area contributed by atoms with Gasteiger partial charge < -0.3 is 0 Å². The molecule has 0 amide bonds. The maximum Gasteiger partial charge on any atom is 0.101 e. The molecule has 0 atom stereocenters. The molecule has 29 heavy (non-hydrogen) atoms. The van der Waals surface area contributed by atoms with Crippen molar-refractivity contribution in [3.63, 3.8) is 0 Å². The largest absolute Gasteiger partial charge is 0.248 e. The first-order valence-corrected chi connectivity index (χ1v) is 9.84. The van der Waals surface area contributed by atoms with Gasteiger partial charge in [0.05, 0.1) is 42.9 Å². The third kappa shape index (κ3) is 5.82. The van der Waals surface area contributed by atoms with Gasteiger partial charge in [-0.3, -0.25) is 0 Å². The van der Waals surface area contributed by atoms with Crippen molar-refractivity contribution in [1.29, 1.82) is 0 Å². The van der Waals surface area contributed by atoms with Gasteiger partial charge in [-0.1, -0.05) is 64.6 Å². The van der Waals surface area contributed by atoms with E-state index < -0.39 is 0 Å². The van der Waals surface area contributed by atoms with E-state index in [1.165, 1.54) is 0 Å². The van der Waals surface area contributed by atoms with Gasteiger partial charge in [-0.05, 0) is 50.2 Å². The molecule has 3 rings (SSSR count). The monoisotopic (exact) mass is 505 g/mol. The van der Waals surface area contributed by atoms with Crippen LogP contribution in [0.1, 0.15) is 25.2 Å². The molecule has 0 aliphatic rings. The Morgan fingerprint density at radius 3 is 1.28 bits per heavy atom.